The Morgan fingerprint density at radius 3 is 2.81 bits per heavy atom. The topological polar surface area (TPSA) is 45.2 Å². The van der Waals surface area contributed by atoms with Crippen LogP contribution in [0.15, 0.2) is 18.3 Å². The summed E-state index contributed by atoms with van der Waals surface area (Å²) in [5.74, 6) is -0.314. The van der Waals surface area contributed by atoms with Crippen molar-refractivity contribution in [1.29, 1.82) is 0 Å². The van der Waals surface area contributed by atoms with Gasteiger partial charge in [0.25, 0.3) is 5.91 Å². The number of piperidine rings is 1. The largest absolute Gasteiger partial charge is 0.417 e. The van der Waals surface area contributed by atoms with E-state index >= 15 is 0 Å². The molecule has 116 valence electrons. The Labute approximate surface area is 121 Å². The van der Waals surface area contributed by atoms with Crippen LogP contribution in [0.4, 0.5) is 13.2 Å². The number of alkyl halides is 3. The molecule has 1 unspecified atom stereocenters. The van der Waals surface area contributed by atoms with Crippen molar-refractivity contribution >= 4 is 5.91 Å². The molecule has 0 spiro atoms. The van der Waals surface area contributed by atoms with Crippen molar-refractivity contribution < 1.29 is 18.0 Å². The van der Waals surface area contributed by atoms with Crippen LogP contribution in [0.25, 0.3) is 0 Å². The van der Waals surface area contributed by atoms with Crippen molar-refractivity contribution in [2.75, 3.05) is 19.6 Å². The maximum Gasteiger partial charge on any atom is 0.417 e. The summed E-state index contributed by atoms with van der Waals surface area (Å²) < 4.78 is 37.4. The fourth-order valence-corrected chi connectivity index (χ4v) is 2.47. The Morgan fingerprint density at radius 2 is 2.24 bits per heavy atom. The lowest BCUT2D eigenvalue weighted by molar-refractivity contribution is -0.137. The number of nitrogens with one attached hydrogen (secondary N) is 1. The summed E-state index contributed by atoms with van der Waals surface area (Å²) in [5, 5.41) is 3.29. The summed E-state index contributed by atoms with van der Waals surface area (Å²) in [7, 11) is 0. The van der Waals surface area contributed by atoms with Crippen LogP contribution in [0.1, 0.15) is 35.8 Å². The fourth-order valence-electron chi connectivity index (χ4n) is 2.47. The molecule has 1 fully saturated rings. The number of hydrogen-bond acceptors (Lipinski definition) is 3. The van der Waals surface area contributed by atoms with Crippen LogP contribution < -0.4 is 5.32 Å². The first-order valence-corrected chi connectivity index (χ1v) is 6.97. The second-order valence-corrected chi connectivity index (χ2v) is 5.08. The van der Waals surface area contributed by atoms with Crippen LogP contribution in [0.5, 0.6) is 0 Å². The van der Waals surface area contributed by atoms with Gasteiger partial charge in [-0.3, -0.25) is 9.78 Å². The third-order valence-corrected chi connectivity index (χ3v) is 3.51. The second kappa shape index (κ2) is 6.43. The zero-order chi connectivity index (χ0) is 15.5. The van der Waals surface area contributed by atoms with E-state index in [1.54, 1.807) is 4.90 Å². The minimum Gasteiger partial charge on any atom is -0.336 e. The van der Waals surface area contributed by atoms with Crippen molar-refractivity contribution in [3.8, 4) is 0 Å². The molecular weight excluding hydrogens is 283 g/mol. The van der Waals surface area contributed by atoms with Gasteiger partial charge in [-0.2, -0.15) is 13.2 Å². The van der Waals surface area contributed by atoms with Gasteiger partial charge >= 0.3 is 6.18 Å². The lowest BCUT2D eigenvalue weighted by Gasteiger charge is -2.33. The SMILES string of the molecule is CCNC1CCCN(C(=O)c2ccc(C(F)(F)F)cn2)C1. The molecule has 1 atom stereocenters. The van der Waals surface area contributed by atoms with Crippen LogP contribution in [0, 0.1) is 0 Å². The molecule has 1 aromatic heterocycles. The minimum atomic E-state index is -4.43. The molecule has 2 heterocycles. The first-order chi connectivity index (χ1) is 9.91. The summed E-state index contributed by atoms with van der Waals surface area (Å²) in [6, 6.07) is 2.27. The molecule has 0 saturated carbocycles. The number of carbonyl (C=O) groups is 1. The highest BCUT2D eigenvalue weighted by Crippen LogP contribution is 2.28. The van der Waals surface area contributed by atoms with E-state index in [0.717, 1.165) is 31.5 Å². The van der Waals surface area contributed by atoms with Crippen molar-refractivity contribution in [3.63, 3.8) is 0 Å². The number of amides is 1. The number of aromatic nitrogens is 1. The summed E-state index contributed by atoms with van der Waals surface area (Å²) >= 11 is 0. The highest BCUT2D eigenvalue weighted by molar-refractivity contribution is 5.92. The zero-order valence-electron chi connectivity index (χ0n) is 11.8. The van der Waals surface area contributed by atoms with Gasteiger partial charge in [0.2, 0.25) is 0 Å². The van der Waals surface area contributed by atoms with Gasteiger partial charge in [-0.25, -0.2) is 0 Å². The molecule has 1 aliphatic rings. The van der Waals surface area contributed by atoms with Crippen molar-refractivity contribution in [3.05, 3.63) is 29.6 Å². The predicted octanol–water partition coefficient (Wildman–Crippen LogP) is 2.31. The third kappa shape index (κ3) is 3.93. The van der Waals surface area contributed by atoms with E-state index in [-0.39, 0.29) is 17.6 Å². The van der Waals surface area contributed by atoms with Crippen LogP contribution in [-0.2, 0) is 6.18 Å². The number of hydrogen-bond donors (Lipinski definition) is 1. The molecule has 0 radical (unpaired) electrons. The van der Waals surface area contributed by atoms with Gasteiger partial charge in [0.15, 0.2) is 0 Å². The van der Waals surface area contributed by atoms with E-state index in [9.17, 15) is 18.0 Å². The van der Waals surface area contributed by atoms with E-state index in [1.165, 1.54) is 0 Å². The lowest BCUT2D eigenvalue weighted by atomic mass is 10.1. The fraction of sp³-hybridized carbons (Fsp3) is 0.571. The van der Waals surface area contributed by atoms with Gasteiger partial charge in [0, 0.05) is 25.3 Å². The smallest absolute Gasteiger partial charge is 0.336 e. The van der Waals surface area contributed by atoms with Crippen LogP contribution in [0.2, 0.25) is 0 Å². The first-order valence-electron chi connectivity index (χ1n) is 6.97. The molecule has 1 aromatic rings. The Hall–Kier alpha value is -1.63. The number of likely N-dealkylation sites (N-methyl/N-ethyl adjacent to an activating group) is 1. The Morgan fingerprint density at radius 1 is 1.48 bits per heavy atom. The monoisotopic (exact) mass is 301 g/mol. The van der Waals surface area contributed by atoms with Crippen LogP contribution in [0.3, 0.4) is 0 Å². The molecule has 2 rings (SSSR count). The average molecular weight is 301 g/mol. The van der Waals surface area contributed by atoms with Gasteiger partial charge in [-0.05, 0) is 31.5 Å². The van der Waals surface area contributed by atoms with Crippen molar-refractivity contribution in [1.82, 2.24) is 15.2 Å². The maximum atomic E-state index is 12.5. The van der Waals surface area contributed by atoms with Gasteiger partial charge in [-0.1, -0.05) is 6.92 Å². The number of nitrogens with zero attached hydrogens (tertiary/aromatic N) is 2. The Kier molecular flexibility index (Phi) is 4.82. The molecule has 1 N–H and O–H groups in total. The molecule has 1 aliphatic heterocycles. The number of halogens is 3. The van der Waals surface area contributed by atoms with Gasteiger partial charge in [0.05, 0.1) is 5.56 Å². The molecular formula is C14H18F3N3O. The second-order valence-electron chi connectivity index (χ2n) is 5.08. The number of pyridine rings is 1. The Balaban J connectivity index is 2.05. The number of likely N-dealkylation sites (tertiary alicyclic amines) is 1. The predicted molar refractivity (Wildman–Crippen MR) is 71.8 cm³/mol. The molecule has 1 saturated heterocycles. The number of carbonyl (C=O) groups excluding carboxylic acids is 1. The highest BCUT2D eigenvalue weighted by atomic mass is 19.4. The third-order valence-electron chi connectivity index (χ3n) is 3.51. The van der Waals surface area contributed by atoms with Crippen molar-refractivity contribution in [2.24, 2.45) is 0 Å². The quantitative estimate of drug-likeness (QED) is 0.932. The molecule has 1 amide bonds. The maximum absolute atomic E-state index is 12.5. The zero-order valence-corrected chi connectivity index (χ0v) is 11.8. The van der Waals surface area contributed by atoms with E-state index < -0.39 is 11.7 Å². The molecule has 4 nitrogen and oxygen atoms in total. The summed E-state index contributed by atoms with van der Waals surface area (Å²) in [6.07, 6.45) is -1.85. The highest BCUT2D eigenvalue weighted by Gasteiger charge is 2.31. The van der Waals surface area contributed by atoms with Crippen molar-refractivity contribution in [2.45, 2.75) is 32.0 Å². The van der Waals surface area contributed by atoms with Gasteiger partial charge in [0.1, 0.15) is 5.69 Å². The summed E-state index contributed by atoms with van der Waals surface area (Å²) in [6.45, 7) is 4.00. The molecule has 21 heavy (non-hydrogen) atoms. The van der Waals surface area contributed by atoms with E-state index in [1.807, 2.05) is 6.92 Å². The van der Waals surface area contributed by atoms with Gasteiger partial charge < -0.3 is 10.2 Å². The molecule has 7 heteroatoms. The van der Waals surface area contributed by atoms with Gasteiger partial charge in [-0.15, -0.1) is 0 Å². The van der Waals surface area contributed by atoms with Crippen LogP contribution in [-0.4, -0.2) is 41.5 Å². The Bertz CT molecular complexity index is 485. The molecule has 0 aliphatic carbocycles. The summed E-state index contributed by atoms with van der Waals surface area (Å²) in [4.78, 5) is 17.6. The van der Waals surface area contributed by atoms with E-state index in [0.29, 0.717) is 19.3 Å². The lowest BCUT2D eigenvalue weighted by Crippen LogP contribution is -2.48. The normalized spacial score (nSPS) is 19.6. The summed E-state index contributed by atoms with van der Waals surface area (Å²) in [5.41, 5.74) is -0.789. The minimum absolute atomic E-state index is 0.0557. The van der Waals surface area contributed by atoms with E-state index in [2.05, 4.69) is 10.3 Å². The van der Waals surface area contributed by atoms with E-state index in [4.69, 9.17) is 0 Å². The molecule has 0 aromatic carbocycles. The number of rotatable bonds is 3. The molecule has 0 bridgehead atoms. The standard InChI is InChI=1S/C14H18F3N3O/c1-2-18-11-4-3-7-20(9-11)13(21)12-6-5-10(8-19-12)14(15,16)17/h5-6,8,11,18H,2-4,7,9H2,1H3. The first kappa shape index (κ1) is 15.8. The average Bonchev–Trinajstić information content (AvgIpc) is 2.46. The van der Waals surface area contributed by atoms with Crippen LogP contribution >= 0.6 is 0 Å².